The summed E-state index contributed by atoms with van der Waals surface area (Å²) in [4.78, 5) is 4.44. The summed E-state index contributed by atoms with van der Waals surface area (Å²) in [6.07, 6.45) is 1.94. The van der Waals surface area contributed by atoms with Crippen LogP contribution < -0.4 is 0 Å². The van der Waals surface area contributed by atoms with Gasteiger partial charge in [-0.2, -0.15) is 5.26 Å². The summed E-state index contributed by atoms with van der Waals surface area (Å²) in [6.45, 7) is 2.05. The van der Waals surface area contributed by atoms with E-state index in [2.05, 4.69) is 11.1 Å². The van der Waals surface area contributed by atoms with Crippen LogP contribution >= 0.6 is 0 Å². The van der Waals surface area contributed by atoms with Crippen LogP contribution in [0, 0.1) is 18.3 Å². The Balaban J connectivity index is 2.38. The number of benzene rings is 1. The number of nitriles is 1. The zero-order valence-corrected chi connectivity index (χ0v) is 9.96. The summed E-state index contributed by atoms with van der Waals surface area (Å²) in [5, 5.41) is 9.14. The smallest absolute Gasteiger partial charge is 0.166 e. The molecule has 0 aliphatic carbocycles. The van der Waals surface area contributed by atoms with Crippen molar-refractivity contribution >= 4 is 5.52 Å². The standard InChI is InChI=1S/C15H11N3/c1-11-6-2-3-7-12(11)15-17-13(10-16)14-8-4-5-9-18(14)15/h2-9H,1H3. The molecule has 0 amide bonds. The molecule has 0 aliphatic heterocycles. The van der Waals surface area contributed by atoms with Crippen molar-refractivity contribution in [3.8, 4) is 17.5 Å². The summed E-state index contributed by atoms with van der Waals surface area (Å²) in [5.41, 5.74) is 3.52. The van der Waals surface area contributed by atoms with Crippen LogP contribution in [0.15, 0.2) is 48.7 Å². The van der Waals surface area contributed by atoms with Gasteiger partial charge < -0.3 is 0 Å². The van der Waals surface area contributed by atoms with E-state index in [1.54, 1.807) is 0 Å². The molecular weight excluding hydrogens is 222 g/mol. The van der Waals surface area contributed by atoms with Crippen molar-refractivity contribution in [3.63, 3.8) is 0 Å². The third-order valence-electron chi connectivity index (χ3n) is 3.04. The van der Waals surface area contributed by atoms with Crippen LogP contribution in [0.4, 0.5) is 0 Å². The fraction of sp³-hybridized carbons (Fsp3) is 0.0667. The van der Waals surface area contributed by atoms with Gasteiger partial charge in [-0.1, -0.05) is 30.3 Å². The average molecular weight is 233 g/mol. The van der Waals surface area contributed by atoms with E-state index in [1.165, 1.54) is 0 Å². The fourth-order valence-corrected chi connectivity index (χ4v) is 2.13. The summed E-state index contributed by atoms with van der Waals surface area (Å²) < 4.78 is 1.96. The zero-order valence-electron chi connectivity index (χ0n) is 9.96. The molecule has 0 aliphatic rings. The van der Waals surface area contributed by atoms with E-state index in [9.17, 15) is 0 Å². The maximum atomic E-state index is 9.14. The van der Waals surface area contributed by atoms with E-state index in [4.69, 9.17) is 5.26 Å². The highest BCUT2D eigenvalue weighted by atomic mass is 15.0. The van der Waals surface area contributed by atoms with Crippen molar-refractivity contribution in [2.75, 3.05) is 0 Å². The Hall–Kier alpha value is -2.60. The molecule has 18 heavy (non-hydrogen) atoms. The largest absolute Gasteiger partial charge is 0.298 e. The van der Waals surface area contributed by atoms with Crippen LogP contribution in [0.3, 0.4) is 0 Å². The van der Waals surface area contributed by atoms with Crippen LogP contribution in [0.1, 0.15) is 11.3 Å². The van der Waals surface area contributed by atoms with Crippen molar-refractivity contribution in [3.05, 3.63) is 59.9 Å². The average Bonchev–Trinajstić information content (AvgIpc) is 2.78. The second kappa shape index (κ2) is 4.01. The highest BCUT2D eigenvalue weighted by Gasteiger charge is 2.12. The lowest BCUT2D eigenvalue weighted by Crippen LogP contribution is -1.90. The first-order valence-electron chi connectivity index (χ1n) is 5.74. The molecule has 0 bridgehead atoms. The maximum absolute atomic E-state index is 9.14. The first-order valence-corrected chi connectivity index (χ1v) is 5.74. The molecule has 3 nitrogen and oxygen atoms in total. The lowest BCUT2D eigenvalue weighted by molar-refractivity contribution is 1.15. The van der Waals surface area contributed by atoms with Gasteiger partial charge in [0.1, 0.15) is 11.9 Å². The fourth-order valence-electron chi connectivity index (χ4n) is 2.13. The first-order chi connectivity index (χ1) is 8.81. The van der Waals surface area contributed by atoms with Gasteiger partial charge in [0.05, 0.1) is 5.52 Å². The van der Waals surface area contributed by atoms with Gasteiger partial charge in [0, 0.05) is 11.8 Å². The van der Waals surface area contributed by atoms with Gasteiger partial charge in [0.25, 0.3) is 0 Å². The van der Waals surface area contributed by atoms with Gasteiger partial charge in [-0.25, -0.2) is 4.98 Å². The number of hydrogen-bond acceptors (Lipinski definition) is 2. The minimum Gasteiger partial charge on any atom is -0.298 e. The van der Waals surface area contributed by atoms with E-state index in [1.807, 2.05) is 60.0 Å². The van der Waals surface area contributed by atoms with E-state index < -0.39 is 0 Å². The lowest BCUT2D eigenvalue weighted by atomic mass is 10.1. The predicted octanol–water partition coefficient (Wildman–Crippen LogP) is 3.18. The van der Waals surface area contributed by atoms with E-state index in [0.29, 0.717) is 5.69 Å². The van der Waals surface area contributed by atoms with Crippen molar-refractivity contribution in [2.24, 2.45) is 0 Å². The molecule has 0 unspecified atom stereocenters. The van der Waals surface area contributed by atoms with Crippen molar-refractivity contribution in [2.45, 2.75) is 6.92 Å². The van der Waals surface area contributed by atoms with Gasteiger partial charge in [-0.3, -0.25) is 4.40 Å². The second-order valence-corrected chi connectivity index (χ2v) is 4.17. The molecule has 86 valence electrons. The molecule has 1 aromatic carbocycles. The zero-order chi connectivity index (χ0) is 12.5. The van der Waals surface area contributed by atoms with Crippen LogP contribution in [0.2, 0.25) is 0 Å². The normalized spacial score (nSPS) is 10.4. The Morgan fingerprint density at radius 1 is 1.11 bits per heavy atom. The molecule has 3 heteroatoms. The molecule has 0 saturated heterocycles. The van der Waals surface area contributed by atoms with E-state index in [0.717, 1.165) is 22.5 Å². The quantitative estimate of drug-likeness (QED) is 0.647. The van der Waals surface area contributed by atoms with Crippen LogP contribution in [0.25, 0.3) is 16.9 Å². The molecule has 2 heterocycles. The topological polar surface area (TPSA) is 41.1 Å². The molecule has 2 aromatic heterocycles. The molecule has 0 atom stereocenters. The Morgan fingerprint density at radius 3 is 2.67 bits per heavy atom. The molecule has 0 fully saturated rings. The number of imidazole rings is 1. The molecule has 3 aromatic rings. The van der Waals surface area contributed by atoms with Crippen LogP contribution in [0.5, 0.6) is 0 Å². The molecule has 0 saturated carbocycles. The Kier molecular flexibility index (Phi) is 2.35. The number of hydrogen-bond donors (Lipinski definition) is 0. The lowest BCUT2D eigenvalue weighted by Gasteiger charge is -2.04. The summed E-state index contributed by atoms with van der Waals surface area (Å²) in [6, 6.07) is 16.0. The number of pyridine rings is 1. The van der Waals surface area contributed by atoms with Crippen LogP contribution in [-0.4, -0.2) is 9.38 Å². The second-order valence-electron chi connectivity index (χ2n) is 4.17. The molecule has 3 rings (SSSR count). The summed E-state index contributed by atoms with van der Waals surface area (Å²) >= 11 is 0. The number of fused-ring (bicyclic) bond motifs is 1. The summed E-state index contributed by atoms with van der Waals surface area (Å²) in [5.74, 6) is 0.820. The van der Waals surface area contributed by atoms with Crippen LogP contribution in [-0.2, 0) is 0 Å². The van der Waals surface area contributed by atoms with Gasteiger partial charge in [-0.15, -0.1) is 0 Å². The highest BCUT2D eigenvalue weighted by Crippen LogP contribution is 2.24. The van der Waals surface area contributed by atoms with Crippen molar-refractivity contribution in [1.29, 1.82) is 5.26 Å². The number of nitrogens with zero attached hydrogens (tertiary/aromatic N) is 3. The Morgan fingerprint density at radius 2 is 1.89 bits per heavy atom. The highest BCUT2D eigenvalue weighted by molar-refractivity contribution is 5.69. The first kappa shape index (κ1) is 10.5. The maximum Gasteiger partial charge on any atom is 0.166 e. The van der Waals surface area contributed by atoms with Crippen molar-refractivity contribution < 1.29 is 0 Å². The van der Waals surface area contributed by atoms with Gasteiger partial charge in [0.15, 0.2) is 5.69 Å². The number of aryl methyl sites for hydroxylation is 1. The molecular formula is C15H11N3. The third kappa shape index (κ3) is 1.47. The van der Waals surface area contributed by atoms with Gasteiger partial charge >= 0.3 is 0 Å². The third-order valence-corrected chi connectivity index (χ3v) is 3.04. The minimum atomic E-state index is 0.467. The Labute approximate surface area is 105 Å². The SMILES string of the molecule is Cc1ccccc1-c1nc(C#N)c2ccccn12. The molecule has 0 spiro atoms. The minimum absolute atomic E-state index is 0.467. The van der Waals surface area contributed by atoms with Gasteiger partial charge in [0.2, 0.25) is 0 Å². The van der Waals surface area contributed by atoms with E-state index >= 15 is 0 Å². The number of aromatic nitrogens is 2. The summed E-state index contributed by atoms with van der Waals surface area (Å²) in [7, 11) is 0. The van der Waals surface area contributed by atoms with Crippen molar-refractivity contribution in [1.82, 2.24) is 9.38 Å². The predicted molar refractivity (Wildman–Crippen MR) is 70.1 cm³/mol. The van der Waals surface area contributed by atoms with E-state index in [-0.39, 0.29) is 0 Å². The molecule has 0 radical (unpaired) electrons. The monoisotopic (exact) mass is 233 g/mol. The Bertz CT molecular complexity index is 763. The molecule has 0 N–H and O–H groups in total. The number of rotatable bonds is 1. The van der Waals surface area contributed by atoms with Gasteiger partial charge in [-0.05, 0) is 24.6 Å².